The van der Waals surface area contributed by atoms with Crippen LogP contribution in [0.25, 0.3) is 0 Å². The van der Waals surface area contributed by atoms with Gasteiger partial charge in [-0.15, -0.1) is 13.2 Å². The number of esters is 1. The lowest BCUT2D eigenvalue weighted by molar-refractivity contribution is -0.147. The molecule has 3 heterocycles. The lowest BCUT2D eigenvalue weighted by Gasteiger charge is -2.41. The summed E-state index contributed by atoms with van der Waals surface area (Å²) < 4.78 is 12.4. The molecule has 11 nitrogen and oxygen atoms in total. The van der Waals surface area contributed by atoms with E-state index in [0.29, 0.717) is 24.9 Å². The largest absolute Gasteiger partial charge is 0.463 e. The highest BCUT2D eigenvalue weighted by Gasteiger charge is 2.77. The van der Waals surface area contributed by atoms with Crippen LogP contribution in [0.15, 0.2) is 79.9 Å². The van der Waals surface area contributed by atoms with Gasteiger partial charge in [0.2, 0.25) is 11.8 Å². The highest BCUT2D eigenvalue weighted by Crippen LogP contribution is 2.61. The Morgan fingerprint density at radius 3 is 2.33 bits per heavy atom. The van der Waals surface area contributed by atoms with E-state index >= 15 is 4.79 Å². The zero-order valence-electron chi connectivity index (χ0n) is 31.9. The molecular weight excluding hydrogens is 752 g/mol. The molecule has 2 aromatic rings. The van der Waals surface area contributed by atoms with Crippen LogP contribution in [0.4, 0.5) is 11.4 Å². The number of likely N-dealkylation sites (tertiary alicyclic amines) is 1. The minimum Gasteiger partial charge on any atom is -0.463 e. The summed E-state index contributed by atoms with van der Waals surface area (Å²) >= 11 is 3.77. The van der Waals surface area contributed by atoms with Crippen molar-refractivity contribution in [3.8, 4) is 0 Å². The number of alkyl halides is 1. The second-order valence-corrected chi connectivity index (χ2v) is 15.6. The third-order valence-corrected chi connectivity index (χ3v) is 12.3. The van der Waals surface area contributed by atoms with Crippen molar-refractivity contribution in [2.24, 2.45) is 17.8 Å². The average Bonchev–Trinajstić information content (AvgIpc) is 3.78. The maximum atomic E-state index is 15.2. The molecule has 2 N–H and O–H groups in total. The molecule has 3 aliphatic rings. The standard InChI is InChI=1S/C42H55BrN4O7/c1-7-12-18-34(49)53-26-32(28-16-14-13-15-17-28)44-39(50)35-36-40(51)47(33(25-48)27(6)9-3)38(42(36)24-31(43)37(35)54-42)41(52)46(23-8-2)30-21-19-29(20-22-30)45(10-4)11-5/h7-8,13-17,19-22,27,31-33,35-38,48H,1-2,9-12,18,23-26H2,3-6H3,(H,44,50)/t27-,31?,32-,33-,35+,36-,37+,38+,42-/m0/s1. The molecular formula is C42H55BrN4O7. The van der Waals surface area contributed by atoms with Crippen LogP contribution in [0.2, 0.25) is 0 Å². The van der Waals surface area contributed by atoms with Gasteiger partial charge in [-0.05, 0) is 62.4 Å². The molecule has 9 atom stereocenters. The normalized spacial score (nSPS) is 25.7. The van der Waals surface area contributed by atoms with Gasteiger partial charge in [0.1, 0.15) is 18.2 Å². The molecule has 1 unspecified atom stereocenters. The summed E-state index contributed by atoms with van der Waals surface area (Å²) in [5, 5.41) is 13.9. The summed E-state index contributed by atoms with van der Waals surface area (Å²) in [5.41, 5.74) is 1.04. The minimum atomic E-state index is -1.35. The van der Waals surface area contributed by atoms with Gasteiger partial charge in [0.15, 0.2) is 0 Å². The van der Waals surface area contributed by atoms with Crippen molar-refractivity contribution < 1.29 is 33.8 Å². The van der Waals surface area contributed by atoms with Gasteiger partial charge in [0, 0.05) is 42.3 Å². The Bertz CT molecular complexity index is 1650. The number of hydrogen-bond donors (Lipinski definition) is 2. The van der Waals surface area contributed by atoms with Gasteiger partial charge in [0.25, 0.3) is 5.91 Å². The van der Waals surface area contributed by atoms with Crippen LogP contribution in [0.5, 0.6) is 0 Å². The molecule has 3 aliphatic heterocycles. The van der Waals surface area contributed by atoms with Crippen molar-refractivity contribution in [1.82, 2.24) is 10.2 Å². The molecule has 0 saturated carbocycles. The molecule has 2 bridgehead atoms. The Morgan fingerprint density at radius 2 is 1.74 bits per heavy atom. The molecule has 3 fully saturated rings. The first kappa shape index (κ1) is 41.2. The molecule has 5 rings (SSSR count). The number of allylic oxidation sites excluding steroid dienone is 1. The first-order chi connectivity index (χ1) is 26.0. The quantitative estimate of drug-likeness (QED) is 0.107. The number of rotatable bonds is 19. The van der Waals surface area contributed by atoms with E-state index in [1.54, 1.807) is 17.1 Å². The number of fused-ring (bicyclic) bond motifs is 1. The summed E-state index contributed by atoms with van der Waals surface area (Å²) in [7, 11) is 0. The predicted octanol–water partition coefficient (Wildman–Crippen LogP) is 5.57. The van der Waals surface area contributed by atoms with Crippen LogP contribution in [0.1, 0.15) is 65.0 Å². The number of aliphatic hydroxyl groups excluding tert-OH is 1. The zero-order chi connectivity index (χ0) is 39.2. The number of amides is 3. The minimum absolute atomic E-state index is 0.108. The Labute approximate surface area is 327 Å². The number of halogens is 1. The van der Waals surface area contributed by atoms with Crippen molar-refractivity contribution >= 4 is 51.0 Å². The Hall–Kier alpha value is -4.00. The van der Waals surface area contributed by atoms with E-state index in [4.69, 9.17) is 9.47 Å². The number of benzene rings is 2. The lowest BCUT2D eigenvalue weighted by Crippen LogP contribution is -2.60. The van der Waals surface area contributed by atoms with Crippen molar-refractivity contribution in [2.45, 2.75) is 88.0 Å². The number of nitrogens with one attached hydrogen (secondary N) is 1. The molecule has 292 valence electrons. The average molecular weight is 808 g/mol. The van der Waals surface area contributed by atoms with Gasteiger partial charge < -0.3 is 34.6 Å². The molecule has 3 saturated heterocycles. The van der Waals surface area contributed by atoms with Crippen LogP contribution in [0, 0.1) is 17.8 Å². The van der Waals surface area contributed by atoms with Gasteiger partial charge in [-0.3, -0.25) is 19.2 Å². The number of nitrogens with zero attached hydrogens (tertiary/aromatic N) is 3. The Balaban J connectivity index is 1.53. The number of carbonyl (C=O) groups excluding carboxylic acids is 4. The molecule has 0 radical (unpaired) electrons. The maximum absolute atomic E-state index is 15.2. The Morgan fingerprint density at radius 1 is 1.07 bits per heavy atom. The van der Waals surface area contributed by atoms with Crippen LogP contribution >= 0.6 is 15.9 Å². The van der Waals surface area contributed by atoms with Crippen LogP contribution in [0.3, 0.4) is 0 Å². The SMILES string of the molecule is C=CCCC(=O)OC[C@H](NC(=O)[C@H]1[C@@H]2O[C@@]3(CC2Br)[C@@H]1C(=O)N([C@@H](CO)[C@@H](C)CC)[C@@H]3C(=O)N(CC=C)c1ccc(N(CC)CC)cc1)c1ccccc1. The smallest absolute Gasteiger partial charge is 0.306 e. The summed E-state index contributed by atoms with van der Waals surface area (Å²) in [6.07, 6.45) is 4.18. The number of carbonyl (C=O) groups is 4. The van der Waals surface area contributed by atoms with Gasteiger partial charge in [-0.25, -0.2) is 0 Å². The molecule has 0 aromatic heterocycles. The topological polar surface area (TPSA) is 129 Å². The van der Waals surface area contributed by atoms with Crippen LogP contribution in [-0.2, 0) is 28.7 Å². The number of aliphatic hydroxyl groups is 1. The highest BCUT2D eigenvalue weighted by molar-refractivity contribution is 9.09. The van der Waals surface area contributed by atoms with E-state index in [2.05, 4.69) is 53.2 Å². The van der Waals surface area contributed by atoms with E-state index < -0.39 is 59.5 Å². The summed E-state index contributed by atoms with van der Waals surface area (Å²) in [6, 6.07) is 14.4. The summed E-state index contributed by atoms with van der Waals surface area (Å²) in [6.45, 7) is 17.1. The lowest BCUT2D eigenvalue weighted by atomic mass is 9.70. The van der Waals surface area contributed by atoms with E-state index in [-0.39, 0.29) is 42.8 Å². The second-order valence-electron chi connectivity index (χ2n) is 14.5. The van der Waals surface area contributed by atoms with Crippen molar-refractivity contribution in [3.63, 3.8) is 0 Å². The third-order valence-electron chi connectivity index (χ3n) is 11.5. The Kier molecular flexibility index (Phi) is 13.8. The van der Waals surface area contributed by atoms with Gasteiger partial charge in [-0.1, -0.05) is 78.7 Å². The van der Waals surface area contributed by atoms with E-state index in [1.165, 1.54) is 4.90 Å². The van der Waals surface area contributed by atoms with Crippen molar-refractivity contribution in [1.29, 1.82) is 0 Å². The fraction of sp³-hybridized carbons (Fsp3) is 0.524. The number of ether oxygens (including phenoxy) is 2. The molecule has 1 spiro atoms. The van der Waals surface area contributed by atoms with Gasteiger partial charge >= 0.3 is 5.97 Å². The number of anilines is 2. The molecule has 12 heteroatoms. The first-order valence-electron chi connectivity index (χ1n) is 19.2. The van der Waals surface area contributed by atoms with Gasteiger partial charge in [0.05, 0.1) is 36.6 Å². The highest BCUT2D eigenvalue weighted by atomic mass is 79.9. The third kappa shape index (κ3) is 7.88. The maximum Gasteiger partial charge on any atom is 0.306 e. The van der Waals surface area contributed by atoms with E-state index in [0.717, 1.165) is 24.3 Å². The fourth-order valence-corrected chi connectivity index (χ4v) is 9.44. The van der Waals surface area contributed by atoms with Crippen LogP contribution < -0.4 is 15.1 Å². The monoisotopic (exact) mass is 806 g/mol. The fourth-order valence-electron chi connectivity index (χ4n) is 8.49. The number of hydrogen-bond acceptors (Lipinski definition) is 8. The zero-order valence-corrected chi connectivity index (χ0v) is 33.5. The van der Waals surface area contributed by atoms with E-state index in [9.17, 15) is 19.5 Å². The molecule has 3 amide bonds. The molecule has 2 aromatic carbocycles. The summed E-state index contributed by atoms with van der Waals surface area (Å²) in [4.78, 5) is 62.2. The van der Waals surface area contributed by atoms with E-state index in [1.807, 2.05) is 68.4 Å². The van der Waals surface area contributed by atoms with Crippen LogP contribution in [-0.4, -0.2) is 95.2 Å². The first-order valence-corrected chi connectivity index (χ1v) is 20.1. The molecule has 54 heavy (non-hydrogen) atoms. The predicted molar refractivity (Wildman–Crippen MR) is 213 cm³/mol. The molecule has 0 aliphatic carbocycles. The van der Waals surface area contributed by atoms with Crippen molar-refractivity contribution in [2.75, 3.05) is 42.6 Å². The van der Waals surface area contributed by atoms with Gasteiger partial charge in [-0.2, -0.15) is 0 Å². The van der Waals surface area contributed by atoms with Crippen molar-refractivity contribution in [3.05, 3.63) is 85.5 Å². The summed E-state index contributed by atoms with van der Waals surface area (Å²) in [5.74, 6) is -3.72. The second kappa shape index (κ2) is 18.1.